The molecule has 1 heterocycles. The Balaban J connectivity index is 1.44. The third kappa shape index (κ3) is 4.84. The molecule has 25 heavy (non-hydrogen) atoms. The second-order valence-electron chi connectivity index (χ2n) is 5.33. The first-order valence-electron chi connectivity index (χ1n) is 7.60. The van der Waals surface area contributed by atoms with E-state index in [0.717, 1.165) is 15.7 Å². The number of amides is 1. The summed E-state index contributed by atoms with van der Waals surface area (Å²) >= 11 is 1.37. The van der Waals surface area contributed by atoms with E-state index >= 15 is 0 Å². The summed E-state index contributed by atoms with van der Waals surface area (Å²) in [5.74, 6) is 0.0967. The molecule has 0 spiro atoms. The van der Waals surface area contributed by atoms with Crippen molar-refractivity contribution < 1.29 is 18.8 Å². The van der Waals surface area contributed by atoms with Gasteiger partial charge in [-0.2, -0.15) is 0 Å². The fourth-order valence-electron chi connectivity index (χ4n) is 2.19. The standard InChI is InChI=1S/C18H16N2O4S/c1-12-8-16(20-24-12)19-17(21)10-23-18(22)11-25-15-7-6-13-4-2-3-5-14(13)9-15/h2-9H,10-11H2,1H3,(H,19,20,21). The van der Waals surface area contributed by atoms with Gasteiger partial charge in [-0.1, -0.05) is 35.5 Å². The van der Waals surface area contributed by atoms with Crippen LogP contribution in [0.3, 0.4) is 0 Å². The third-order valence-electron chi connectivity index (χ3n) is 3.34. The number of esters is 1. The van der Waals surface area contributed by atoms with E-state index in [-0.39, 0.29) is 12.4 Å². The summed E-state index contributed by atoms with van der Waals surface area (Å²) in [5, 5.41) is 8.38. The monoisotopic (exact) mass is 356 g/mol. The van der Waals surface area contributed by atoms with Crippen LogP contribution >= 0.6 is 11.8 Å². The number of fused-ring (bicyclic) bond motifs is 1. The van der Waals surface area contributed by atoms with E-state index in [4.69, 9.17) is 9.26 Å². The molecule has 0 fully saturated rings. The molecule has 0 bridgehead atoms. The zero-order chi connectivity index (χ0) is 17.6. The van der Waals surface area contributed by atoms with Gasteiger partial charge in [-0.05, 0) is 29.8 Å². The van der Waals surface area contributed by atoms with E-state index < -0.39 is 11.9 Å². The van der Waals surface area contributed by atoms with Crippen LogP contribution in [0.25, 0.3) is 10.8 Å². The maximum absolute atomic E-state index is 11.8. The molecule has 1 aromatic heterocycles. The van der Waals surface area contributed by atoms with Crippen molar-refractivity contribution in [2.45, 2.75) is 11.8 Å². The van der Waals surface area contributed by atoms with Crippen LogP contribution in [0.2, 0.25) is 0 Å². The van der Waals surface area contributed by atoms with Crippen molar-refractivity contribution in [3.8, 4) is 0 Å². The lowest BCUT2D eigenvalue weighted by Gasteiger charge is -2.05. The summed E-state index contributed by atoms with van der Waals surface area (Å²) in [4.78, 5) is 24.4. The Hall–Kier alpha value is -2.80. The maximum Gasteiger partial charge on any atom is 0.316 e. The van der Waals surface area contributed by atoms with Crippen molar-refractivity contribution in [3.63, 3.8) is 0 Å². The number of rotatable bonds is 6. The minimum atomic E-state index is -0.461. The molecule has 0 atom stereocenters. The van der Waals surface area contributed by atoms with E-state index in [1.165, 1.54) is 11.8 Å². The number of aryl methyl sites for hydroxylation is 1. The molecule has 0 aliphatic heterocycles. The normalized spacial score (nSPS) is 10.6. The molecule has 0 radical (unpaired) electrons. The Kier molecular flexibility index (Phi) is 5.35. The minimum Gasteiger partial charge on any atom is -0.455 e. The summed E-state index contributed by atoms with van der Waals surface area (Å²) in [7, 11) is 0. The first kappa shape index (κ1) is 17.0. The van der Waals surface area contributed by atoms with Gasteiger partial charge in [0.1, 0.15) is 5.76 Å². The maximum atomic E-state index is 11.8. The van der Waals surface area contributed by atoms with Gasteiger partial charge in [-0.15, -0.1) is 11.8 Å². The number of nitrogens with zero attached hydrogens (tertiary/aromatic N) is 1. The number of carbonyl (C=O) groups is 2. The van der Waals surface area contributed by atoms with Crippen LogP contribution in [0.1, 0.15) is 5.76 Å². The lowest BCUT2D eigenvalue weighted by molar-refractivity contribution is -0.144. The molecule has 6 nitrogen and oxygen atoms in total. The van der Waals surface area contributed by atoms with Gasteiger partial charge in [0.25, 0.3) is 5.91 Å². The zero-order valence-electron chi connectivity index (χ0n) is 13.5. The molecule has 3 rings (SSSR count). The highest BCUT2D eigenvalue weighted by atomic mass is 32.2. The Morgan fingerprint density at radius 1 is 1.16 bits per heavy atom. The van der Waals surface area contributed by atoms with Crippen LogP contribution in [0, 0.1) is 6.92 Å². The second kappa shape index (κ2) is 7.85. The van der Waals surface area contributed by atoms with Crippen LogP contribution < -0.4 is 5.32 Å². The average Bonchev–Trinajstić information content (AvgIpc) is 3.02. The molecule has 0 aliphatic carbocycles. The second-order valence-corrected chi connectivity index (χ2v) is 6.38. The van der Waals surface area contributed by atoms with E-state index in [9.17, 15) is 9.59 Å². The molecule has 0 unspecified atom stereocenters. The summed E-state index contributed by atoms with van der Waals surface area (Å²) in [6, 6.07) is 15.6. The van der Waals surface area contributed by atoms with Crippen LogP contribution in [-0.4, -0.2) is 29.4 Å². The van der Waals surface area contributed by atoms with Crippen molar-refractivity contribution >= 4 is 40.2 Å². The molecule has 1 N–H and O–H groups in total. The molecule has 1 amide bonds. The average molecular weight is 356 g/mol. The van der Waals surface area contributed by atoms with Crippen molar-refractivity contribution in [2.24, 2.45) is 0 Å². The van der Waals surface area contributed by atoms with Crippen molar-refractivity contribution in [1.29, 1.82) is 0 Å². The number of ether oxygens (including phenoxy) is 1. The molecule has 3 aromatic rings. The van der Waals surface area contributed by atoms with Crippen LogP contribution in [0.4, 0.5) is 5.82 Å². The highest BCUT2D eigenvalue weighted by molar-refractivity contribution is 8.00. The van der Waals surface area contributed by atoms with E-state index in [2.05, 4.69) is 10.5 Å². The predicted octanol–water partition coefficient (Wildman–Crippen LogP) is 3.41. The SMILES string of the molecule is Cc1cc(NC(=O)COC(=O)CSc2ccc3ccccc3c2)no1. The topological polar surface area (TPSA) is 81.4 Å². The molecular weight excluding hydrogens is 340 g/mol. The lowest BCUT2D eigenvalue weighted by Crippen LogP contribution is -2.21. The van der Waals surface area contributed by atoms with E-state index in [0.29, 0.717) is 11.6 Å². The molecule has 2 aromatic carbocycles. The van der Waals surface area contributed by atoms with Gasteiger partial charge in [-0.25, -0.2) is 0 Å². The van der Waals surface area contributed by atoms with E-state index in [1.54, 1.807) is 13.0 Å². The Bertz CT molecular complexity index is 907. The largest absolute Gasteiger partial charge is 0.455 e. The van der Waals surface area contributed by atoms with Crippen molar-refractivity contribution in [2.75, 3.05) is 17.7 Å². The highest BCUT2D eigenvalue weighted by Crippen LogP contribution is 2.23. The summed E-state index contributed by atoms with van der Waals surface area (Å²) < 4.78 is 9.80. The zero-order valence-corrected chi connectivity index (χ0v) is 14.3. The molecule has 7 heteroatoms. The lowest BCUT2D eigenvalue weighted by atomic mass is 10.1. The van der Waals surface area contributed by atoms with Gasteiger partial charge in [-0.3, -0.25) is 9.59 Å². The Labute approximate surface area is 148 Å². The highest BCUT2D eigenvalue weighted by Gasteiger charge is 2.10. The number of hydrogen-bond donors (Lipinski definition) is 1. The molecule has 128 valence electrons. The quantitative estimate of drug-likeness (QED) is 0.538. The van der Waals surface area contributed by atoms with E-state index in [1.807, 2.05) is 42.5 Å². The smallest absolute Gasteiger partial charge is 0.316 e. The third-order valence-corrected chi connectivity index (χ3v) is 4.30. The van der Waals surface area contributed by atoms with Gasteiger partial charge >= 0.3 is 5.97 Å². The Morgan fingerprint density at radius 3 is 2.72 bits per heavy atom. The number of nitrogens with one attached hydrogen (secondary N) is 1. The van der Waals surface area contributed by atoms with Crippen molar-refractivity contribution in [3.05, 3.63) is 54.3 Å². The summed E-state index contributed by atoms with van der Waals surface area (Å²) in [5.41, 5.74) is 0. The minimum absolute atomic E-state index is 0.134. The number of aromatic nitrogens is 1. The molecule has 0 aliphatic rings. The van der Waals surface area contributed by atoms with Gasteiger partial charge in [0, 0.05) is 11.0 Å². The fourth-order valence-corrected chi connectivity index (χ4v) is 2.93. The number of benzene rings is 2. The van der Waals surface area contributed by atoms with Gasteiger partial charge in [0.2, 0.25) is 0 Å². The predicted molar refractivity (Wildman–Crippen MR) is 95.5 cm³/mol. The van der Waals surface area contributed by atoms with Gasteiger partial charge in [0.15, 0.2) is 12.4 Å². The van der Waals surface area contributed by atoms with Crippen LogP contribution in [0.15, 0.2) is 57.9 Å². The number of carbonyl (C=O) groups excluding carboxylic acids is 2. The molecular formula is C18H16N2O4S. The fraction of sp³-hybridized carbons (Fsp3) is 0.167. The number of thioether (sulfide) groups is 1. The van der Waals surface area contributed by atoms with Crippen LogP contribution in [-0.2, 0) is 14.3 Å². The molecule has 0 saturated carbocycles. The summed E-state index contributed by atoms with van der Waals surface area (Å²) in [6.07, 6.45) is 0. The first-order chi connectivity index (χ1) is 12.1. The summed E-state index contributed by atoms with van der Waals surface area (Å²) in [6.45, 7) is 1.36. The number of hydrogen-bond acceptors (Lipinski definition) is 6. The van der Waals surface area contributed by atoms with Gasteiger partial charge in [0.05, 0.1) is 5.75 Å². The van der Waals surface area contributed by atoms with Crippen LogP contribution in [0.5, 0.6) is 0 Å². The van der Waals surface area contributed by atoms with Gasteiger partial charge < -0.3 is 14.6 Å². The first-order valence-corrected chi connectivity index (χ1v) is 8.59. The van der Waals surface area contributed by atoms with Crippen molar-refractivity contribution in [1.82, 2.24) is 5.16 Å². The molecule has 0 saturated heterocycles. The Morgan fingerprint density at radius 2 is 1.96 bits per heavy atom. The number of anilines is 1.